The standard InChI is InChI=1S/C36H25IN2O5.ClH/c1-42-35(40)26-13-7-6-12-25(26)34-27-15-14-20(16-32(27)44-33-18-31(38)30(37)17-28(33)34)39-36(41)43-19-29-23-10-4-2-8-21(23)22-9-3-5-11-24(22)29;/h2-18,29H,19,38H2,1H3;1H/b39-20+;. The number of carbonyl (C=O) groups is 2. The van der Waals surface area contributed by atoms with Gasteiger partial charge in [0.2, 0.25) is 5.36 Å². The lowest BCUT2D eigenvalue weighted by Crippen LogP contribution is -3.00. The summed E-state index contributed by atoms with van der Waals surface area (Å²) >= 11 is 2.18. The van der Waals surface area contributed by atoms with Gasteiger partial charge in [-0.25, -0.2) is 4.79 Å². The van der Waals surface area contributed by atoms with Crippen LogP contribution in [0.4, 0.5) is 10.5 Å². The van der Waals surface area contributed by atoms with E-state index in [9.17, 15) is 9.59 Å². The highest BCUT2D eigenvalue weighted by Crippen LogP contribution is 2.45. The van der Waals surface area contributed by atoms with E-state index in [1.54, 1.807) is 30.3 Å². The molecule has 1 aliphatic heterocycles. The number of hydrogen-bond acceptors (Lipinski definition) is 6. The van der Waals surface area contributed by atoms with Crippen molar-refractivity contribution < 1.29 is 40.9 Å². The highest BCUT2D eigenvalue weighted by Gasteiger charge is 2.30. The number of ether oxygens (including phenoxy) is 2. The number of nitrogen functional groups attached to an aromatic ring is 1. The Morgan fingerprint density at radius 3 is 2.18 bits per heavy atom. The molecule has 4 aromatic carbocycles. The van der Waals surface area contributed by atoms with E-state index < -0.39 is 12.1 Å². The van der Waals surface area contributed by atoms with Gasteiger partial charge in [-0.3, -0.25) is 0 Å². The molecule has 0 fully saturated rings. The van der Waals surface area contributed by atoms with Crippen LogP contribution in [0.3, 0.4) is 0 Å². The fourth-order valence-corrected chi connectivity index (χ4v) is 6.50. The number of methoxy groups -OCH3 is 1. The summed E-state index contributed by atoms with van der Waals surface area (Å²) in [5, 5.41) is 1.30. The van der Waals surface area contributed by atoms with Crippen LogP contribution in [-0.2, 0) is 9.47 Å². The van der Waals surface area contributed by atoms with E-state index >= 15 is 0 Å². The minimum atomic E-state index is -0.568. The predicted molar refractivity (Wildman–Crippen MR) is 176 cm³/mol. The third kappa shape index (κ3) is 5.44. The number of carbonyl (C=O) groups excluding carboxylic acids is 2. The quantitative estimate of drug-likeness (QED) is 0.125. The first-order chi connectivity index (χ1) is 21.4. The van der Waals surface area contributed by atoms with Crippen molar-refractivity contribution in [3.63, 3.8) is 0 Å². The molecule has 9 heteroatoms. The monoisotopic (exact) mass is 728 g/mol. The molecule has 1 heterocycles. The molecule has 0 radical (unpaired) electrons. The Morgan fingerprint density at radius 1 is 0.844 bits per heavy atom. The summed E-state index contributed by atoms with van der Waals surface area (Å²) in [6.07, 6.45) is -0.568. The van der Waals surface area contributed by atoms with Crippen LogP contribution in [0.15, 0.2) is 108 Å². The molecule has 3 aliphatic rings. The smallest absolute Gasteiger partial charge is 0.595 e. The number of hydrogen-bond donors (Lipinski definition) is 2. The van der Waals surface area contributed by atoms with Crippen LogP contribution in [-0.4, -0.2) is 25.8 Å². The number of halogens is 2. The Hall–Kier alpha value is -4.67. The van der Waals surface area contributed by atoms with Crippen LogP contribution in [0.2, 0.25) is 0 Å². The lowest BCUT2D eigenvalue weighted by molar-refractivity contribution is -0.412. The van der Waals surface area contributed by atoms with Crippen molar-refractivity contribution in [1.29, 1.82) is 0 Å². The van der Waals surface area contributed by atoms with Crippen LogP contribution in [0.5, 0.6) is 0 Å². The number of esters is 1. The summed E-state index contributed by atoms with van der Waals surface area (Å²) in [5.74, 6) is 0.0161. The van der Waals surface area contributed by atoms with Crippen molar-refractivity contribution in [2.75, 3.05) is 19.5 Å². The van der Waals surface area contributed by atoms with Gasteiger partial charge in [0.15, 0.2) is 0 Å². The minimum absolute atomic E-state index is 0. The largest absolute Gasteiger partial charge is 1.00 e. The Balaban J connectivity index is 0.00000357. The summed E-state index contributed by atoms with van der Waals surface area (Å²) in [6, 6.07) is 32.8. The van der Waals surface area contributed by atoms with Gasteiger partial charge in [0.1, 0.15) is 18.0 Å². The normalized spacial score (nSPS) is 12.4. The SMILES string of the molecule is COC(=O)c1ccccc1-c1c2cc/c(=[NH+]\C(=O)OCC3c4ccccc4-c4ccccc43)cc-2oc2cc(N)c(I)cc12.[Cl-]. The molecule has 0 atom stereocenters. The summed E-state index contributed by atoms with van der Waals surface area (Å²) in [6.45, 7) is 0.203. The molecule has 0 unspecified atom stereocenters. The third-order valence-electron chi connectivity index (χ3n) is 8.03. The fraction of sp³-hybridized carbons (Fsp3) is 0.0833. The van der Waals surface area contributed by atoms with E-state index in [-0.39, 0.29) is 24.9 Å². The molecule has 7 nitrogen and oxygen atoms in total. The molecule has 0 saturated carbocycles. The topological polar surface area (TPSA) is 106 Å². The lowest BCUT2D eigenvalue weighted by atomic mass is 9.90. The highest BCUT2D eigenvalue weighted by atomic mass is 127. The van der Waals surface area contributed by atoms with Gasteiger partial charge in [0, 0.05) is 43.8 Å². The van der Waals surface area contributed by atoms with Gasteiger partial charge in [-0.1, -0.05) is 66.7 Å². The summed E-state index contributed by atoms with van der Waals surface area (Å²) in [5.41, 5.74) is 14.7. The van der Waals surface area contributed by atoms with Crippen molar-refractivity contribution >= 4 is 51.3 Å². The molecule has 45 heavy (non-hydrogen) atoms. The molecular formula is C36H26ClIN2O5. The maximum absolute atomic E-state index is 13.0. The number of amides is 1. The summed E-state index contributed by atoms with van der Waals surface area (Å²) in [7, 11) is 1.36. The number of anilines is 1. The molecule has 4 aromatic rings. The Kier molecular flexibility index (Phi) is 8.35. The first-order valence-corrected chi connectivity index (χ1v) is 15.1. The van der Waals surface area contributed by atoms with Crippen molar-refractivity contribution in [3.05, 3.63) is 129 Å². The Labute approximate surface area is 278 Å². The van der Waals surface area contributed by atoms with Crippen molar-refractivity contribution in [2.45, 2.75) is 5.92 Å². The van der Waals surface area contributed by atoms with E-state index in [1.807, 2.05) is 48.5 Å². The predicted octanol–water partition coefficient (Wildman–Crippen LogP) is 3.11. The van der Waals surface area contributed by atoms with Crippen molar-refractivity contribution in [1.82, 2.24) is 0 Å². The highest BCUT2D eigenvalue weighted by molar-refractivity contribution is 14.1. The first-order valence-electron chi connectivity index (χ1n) is 14.0. The van der Waals surface area contributed by atoms with E-state index in [2.05, 4.69) is 51.8 Å². The second-order valence-electron chi connectivity index (χ2n) is 10.5. The van der Waals surface area contributed by atoms with Crippen molar-refractivity contribution in [2.24, 2.45) is 0 Å². The Morgan fingerprint density at radius 2 is 1.49 bits per heavy atom. The summed E-state index contributed by atoms with van der Waals surface area (Å²) in [4.78, 5) is 28.6. The van der Waals surface area contributed by atoms with Gasteiger partial charge < -0.3 is 32.0 Å². The third-order valence-corrected chi connectivity index (χ3v) is 8.97. The molecule has 2 aliphatic carbocycles. The maximum atomic E-state index is 13.0. The van der Waals surface area contributed by atoms with Gasteiger partial charge in [-0.2, -0.15) is 4.79 Å². The maximum Gasteiger partial charge on any atom is 0.595 e. The van der Waals surface area contributed by atoms with E-state index in [0.29, 0.717) is 33.5 Å². The zero-order valence-electron chi connectivity index (χ0n) is 24.0. The van der Waals surface area contributed by atoms with E-state index in [0.717, 1.165) is 31.2 Å². The number of fused-ring (bicyclic) bond motifs is 5. The zero-order chi connectivity index (χ0) is 30.4. The van der Waals surface area contributed by atoms with Gasteiger partial charge in [-0.05, 0) is 68.6 Å². The van der Waals surface area contributed by atoms with Gasteiger partial charge in [0.25, 0.3) is 0 Å². The van der Waals surface area contributed by atoms with Crippen LogP contribution < -0.4 is 28.5 Å². The number of nitrogens with one attached hydrogen (secondary N) is 1. The first kappa shape index (κ1) is 30.4. The Bertz CT molecular complexity index is 2110. The van der Waals surface area contributed by atoms with Gasteiger partial charge >= 0.3 is 12.1 Å². The fourth-order valence-electron chi connectivity index (χ4n) is 6.04. The average molecular weight is 729 g/mol. The van der Waals surface area contributed by atoms with Gasteiger partial charge in [0.05, 0.1) is 18.7 Å². The minimum Gasteiger partial charge on any atom is -1.00 e. The average Bonchev–Trinajstić information content (AvgIpc) is 3.36. The molecule has 0 spiro atoms. The molecular weight excluding hydrogens is 703 g/mol. The molecule has 7 rings (SSSR count). The van der Waals surface area contributed by atoms with Crippen LogP contribution in [0.1, 0.15) is 27.4 Å². The van der Waals surface area contributed by atoms with Crippen molar-refractivity contribution in [3.8, 4) is 33.6 Å². The van der Waals surface area contributed by atoms with E-state index in [4.69, 9.17) is 19.6 Å². The van der Waals surface area contributed by atoms with E-state index in [1.165, 1.54) is 18.2 Å². The van der Waals surface area contributed by atoms with Crippen LogP contribution >= 0.6 is 22.6 Å². The van der Waals surface area contributed by atoms with Crippen LogP contribution in [0.25, 0.3) is 44.5 Å². The molecule has 3 N–H and O–H groups in total. The second-order valence-corrected chi connectivity index (χ2v) is 11.7. The van der Waals surface area contributed by atoms with Crippen LogP contribution in [0, 0.1) is 3.57 Å². The molecule has 224 valence electrons. The second kappa shape index (κ2) is 12.4. The lowest BCUT2D eigenvalue weighted by Gasteiger charge is -2.17. The number of nitrogens with two attached hydrogens (primary N) is 1. The molecule has 0 saturated heterocycles. The molecule has 0 bridgehead atoms. The number of rotatable bonds is 4. The number of benzene rings is 5. The zero-order valence-corrected chi connectivity index (χ0v) is 26.9. The van der Waals surface area contributed by atoms with Gasteiger partial charge in [-0.15, -0.1) is 4.99 Å². The molecule has 1 amide bonds. The molecule has 0 aromatic heterocycles. The summed E-state index contributed by atoms with van der Waals surface area (Å²) < 4.78 is 18.0.